The fourth-order valence-electron chi connectivity index (χ4n) is 4.05. The lowest BCUT2D eigenvalue weighted by atomic mass is 10.0. The third kappa shape index (κ3) is 5.54. The molecule has 0 fully saturated rings. The molecule has 0 bridgehead atoms. The molecule has 3 heterocycles. The van der Waals surface area contributed by atoms with Crippen molar-refractivity contribution >= 4 is 11.6 Å². The maximum absolute atomic E-state index is 10.5. The van der Waals surface area contributed by atoms with Gasteiger partial charge in [0.1, 0.15) is 17.4 Å². The van der Waals surface area contributed by atoms with Crippen LogP contribution in [0.25, 0.3) is 17.0 Å². The van der Waals surface area contributed by atoms with Gasteiger partial charge >= 0.3 is 0 Å². The van der Waals surface area contributed by atoms with Crippen LogP contribution in [0.15, 0.2) is 55.0 Å². The molecule has 0 aliphatic carbocycles. The minimum absolute atomic E-state index is 0.0547. The lowest BCUT2D eigenvalue weighted by Crippen LogP contribution is -2.38. The molecule has 4 rings (SSSR count). The van der Waals surface area contributed by atoms with Crippen molar-refractivity contribution in [3.05, 3.63) is 77.2 Å². The van der Waals surface area contributed by atoms with E-state index in [1.165, 1.54) is 0 Å². The van der Waals surface area contributed by atoms with Gasteiger partial charge in [0.25, 0.3) is 0 Å². The Morgan fingerprint density at radius 2 is 1.81 bits per heavy atom. The molecule has 0 aliphatic rings. The number of fused-ring (bicyclic) bond motifs is 1. The average Bonchev–Trinajstić information content (AvgIpc) is 3.31. The summed E-state index contributed by atoms with van der Waals surface area (Å²) in [5, 5.41) is 26.9. The Balaban J connectivity index is 1.54. The predicted octanol–water partition coefficient (Wildman–Crippen LogP) is 4.82. The highest BCUT2D eigenvalue weighted by molar-refractivity contribution is 5.68. The van der Waals surface area contributed by atoms with Crippen molar-refractivity contribution in [2.75, 3.05) is 11.9 Å². The third-order valence-electron chi connectivity index (χ3n) is 6.14. The van der Waals surface area contributed by atoms with Gasteiger partial charge in [-0.15, -0.1) is 0 Å². The molecule has 0 radical (unpaired) electrons. The number of imidazole rings is 1. The molecule has 2 atom stereocenters. The van der Waals surface area contributed by atoms with Crippen LogP contribution in [-0.4, -0.2) is 36.5 Å². The van der Waals surface area contributed by atoms with Gasteiger partial charge in [0, 0.05) is 18.3 Å². The molecule has 0 aliphatic heterocycles. The van der Waals surface area contributed by atoms with Crippen molar-refractivity contribution in [2.45, 2.75) is 58.7 Å². The van der Waals surface area contributed by atoms with Gasteiger partial charge in [0.05, 0.1) is 35.8 Å². The summed E-state index contributed by atoms with van der Waals surface area (Å²) in [6.07, 6.45) is 5.52. The summed E-state index contributed by atoms with van der Waals surface area (Å²) >= 11 is 0. The molecule has 4 aromatic rings. The van der Waals surface area contributed by atoms with E-state index in [-0.39, 0.29) is 11.6 Å². The van der Waals surface area contributed by atoms with Crippen molar-refractivity contribution < 1.29 is 5.11 Å². The van der Waals surface area contributed by atoms with Gasteiger partial charge in [-0.3, -0.25) is 4.40 Å². The number of aliphatic hydroxyl groups is 1. The quantitative estimate of drug-likeness (QED) is 0.329. The van der Waals surface area contributed by atoms with Crippen molar-refractivity contribution in [1.82, 2.24) is 24.7 Å². The number of pyridine rings is 1. The average molecular weight is 484 g/mol. The highest BCUT2D eigenvalue weighted by Crippen LogP contribution is 2.26. The van der Waals surface area contributed by atoms with Gasteiger partial charge in [-0.2, -0.15) is 5.26 Å². The molecule has 3 N–H and O–H groups in total. The number of rotatable bonds is 8. The van der Waals surface area contributed by atoms with E-state index in [2.05, 4.69) is 60.4 Å². The second kappa shape index (κ2) is 10.4. The molecule has 36 heavy (non-hydrogen) atoms. The molecule has 0 saturated heterocycles. The molecule has 186 valence electrons. The molecule has 0 spiro atoms. The number of anilines is 1. The molecular weight excluding hydrogens is 450 g/mol. The smallest absolute Gasteiger partial charge is 0.223 e. The number of benzene rings is 1. The Labute approximate surface area is 212 Å². The fraction of sp³-hybridized carbons (Fsp3) is 0.357. The van der Waals surface area contributed by atoms with Gasteiger partial charge in [0.15, 0.2) is 0 Å². The first kappa shape index (κ1) is 25.3. The van der Waals surface area contributed by atoms with Crippen LogP contribution in [0.2, 0.25) is 0 Å². The van der Waals surface area contributed by atoms with Gasteiger partial charge in [0.2, 0.25) is 5.95 Å². The number of aromatic nitrogens is 4. The number of aryl methyl sites for hydroxylation is 1. The zero-order valence-corrected chi connectivity index (χ0v) is 21.4. The van der Waals surface area contributed by atoms with E-state index in [1.807, 2.05) is 47.9 Å². The highest BCUT2D eigenvalue weighted by Gasteiger charge is 2.17. The second-order valence-electron chi connectivity index (χ2n) is 9.97. The van der Waals surface area contributed by atoms with Crippen LogP contribution in [0.1, 0.15) is 69.0 Å². The first-order valence-corrected chi connectivity index (χ1v) is 12.2. The number of nitrogens with one attached hydrogen (secondary N) is 2. The first-order chi connectivity index (χ1) is 17.2. The Hall–Kier alpha value is -3.80. The molecule has 0 unspecified atom stereocenters. The van der Waals surface area contributed by atoms with Crippen LogP contribution in [-0.2, 0) is 6.42 Å². The minimum atomic E-state index is -0.579. The number of nitriles is 1. The van der Waals surface area contributed by atoms with E-state index in [0.717, 1.165) is 34.5 Å². The topological polar surface area (TPSA) is 111 Å². The lowest BCUT2D eigenvalue weighted by molar-refractivity contribution is 0.163. The van der Waals surface area contributed by atoms with Crippen LogP contribution >= 0.6 is 0 Å². The maximum Gasteiger partial charge on any atom is 0.223 e. The van der Waals surface area contributed by atoms with Crippen LogP contribution in [0.4, 0.5) is 5.95 Å². The summed E-state index contributed by atoms with van der Waals surface area (Å²) < 4.78 is 1.97. The van der Waals surface area contributed by atoms with E-state index in [9.17, 15) is 10.4 Å². The number of nitrogens with zero attached hydrogens (tertiary/aromatic N) is 5. The molecule has 3 aromatic heterocycles. The zero-order valence-electron chi connectivity index (χ0n) is 21.4. The summed E-state index contributed by atoms with van der Waals surface area (Å²) in [6.45, 7) is 10.8. The molecular formula is C28H33N7O. The predicted molar refractivity (Wildman–Crippen MR) is 142 cm³/mol. The standard InChI is InChI=1S/C28H33N7O/c1-6-19-8-7-13-35-23(16-30-26(19)35)25-22(14-29)15-31-27(34-25)33-18(2)20-9-11-21(12-10-20)24(36)17-32-28(3,4)5/h7-13,15-16,18,24,32,36H,6,17H2,1-5H3,(H,31,33,34)/t18-,24-/m0/s1. The van der Waals surface area contributed by atoms with E-state index in [0.29, 0.717) is 23.8 Å². The Bertz CT molecular complexity index is 1380. The summed E-state index contributed by atoms with van der Waals surface area (Å²) in [4.78, 5) is 13.6. The Kier molecular flexibility index (Phi) is 7.34. The lowest BCUT2D eigenvalue weighted by Gasteiger charge is -2.23. The fourth-order valence-corrected chi connectivity index (χ4v) is 4.05. The molecule has 8 nitrogen and oxygen atoms in total. The summed E-state index contributed by atoms with van der Waals surface area (Å²) in [5.74, 6) is 0.427. The normalized spacial score (nSPS) is 13.4. The number of aliphatic hydroxyl groups excluding tert-OH is 1. The van der Waals surface area contributed by atoms with E-state index < -0.39 is 6.10 Å². The van der Waals surface area contributed by atoms with E-state index in [1.54, 1.807) is 12.4 Å². The van der Waals surface area contributed by atoms with E-state index in [4.69, 9.17) is 4.98 Å². The van der Waals surface area contributed by atoms with Crippen molar-refractivity contribution in [1.29, 1.82) is 5.26 Å². The number of hydrogen-bond acceptors (Lipinski definition) is 7. The van der Waals surface area contributed by atoms with Crippen molar-refractivity contribution in [3.8, 4) is 17.5 Å². The molecule has 0 saturated carbocycles. The SMILES string of the molecule is CCc1cccn2c(-c3nc(N[C@@H](C)c4ccc([C@@H](O)CNC(C)(C)C)cc4)ncc3C#N)cnc12. The number of β-amino-alcohol motifs (C(OH)–C–C–N with tert-alkyl or cyclic N) is 1. The molecule has 8 heteroatoms. The Morgan fingerprint density at radius 3 is 2.47 bits per heavy atom. The summed E-state index contributed by atoms with van der Waals surface area (Å²) in [7, 11) is 0. The van der Waals surface area contributed by atoms with Crippen LogP contribution in [0, 0.1) is 11.3 Å². The summed E-state index contributed by atoms with van der Waals surface area (Å²) in [6, 6.07) is 14.0. The number of hydrogen-bond donors (Lipinski definition) is 3. The minimum Gasteiger partial charge on any atom is -0.387 e. The van der Waals surface area contributed by atoms with E-state index >= 15 is 0 Å². The van der Waals surface area contributed by atoms with Gasteiger partial charge in [-0.05, 0) is 56.9 Å². The first-order valence-electron chi connectivity index (χ1n) is 12.2. The third-order valence-corrected chi connectivity index (χ3v) is 6.14. The van der Waals surface area contributed by atoms with Crippen molar-refractivity contribution in [2.24, 2.45) is 0 Å². The Morgan fingerprint density at radius 1 is 1.08 bits per heavy atom. The van der Waals surface area contributed by atoms with Crippen molar-refractivity contribution in [3.63, 3.8) is 0 Å². The monoisotopic (exact) mass is 483 g/mol. The largest absolute Gasteiger partial charge is 0.387 e. The summed E-state index contributed by atoms with van der Waals surface area (Å²) in [5.41, 5.74) is 5.50. The van der Waals surface area contributed by atoms with Gasteiger partial charge in [-0.25, -0.2) is 15.0 Å². The van der Waals surface area contributed by atoms with Gasteiger partial charge < -0.3 is 15.7 Å². The zero-order chi connectivity index (χ0) is 25.9. The molecule has 0 amide bonds. The second-order valence-corrected chi connectivity index (χ2v) is 9.97. The van der Waals surface area contributed by atoms with Crippen LogP contribution < -0.4 is 10.6 Å². The highest BCUT2D eigenvalue weighted by atomic mass is 16.3. The van der Waals surface area contributed by atoms with Crippen LogP contribution in [0.5, 0.6) is 0 Å². The maximum atomic E-state index is 10.5. The van der Waals surface area contributed by atoms with Gasteiger partial charge in [-0.1, -0.05) is 37.3 Å². The molecule has 1 aromatic carbocycles. The van der Waals surface area contributed by atoms with Crippen LogP contribution in [0.3, 0.4) is 0 Å².